The summed E-state index contributed by atoms with van der Waals surface area (Å²) < 4.78 is 0. The summed E-state index contributed by atoms with van der Waals surface area (Å²) in [5.41, 5.74) is 1.52. The van der Waals surface area contributed by atoms with E-state index in [9.17, 15) is 19.5 Å². The van der Waals surface area contributed by atoms with Crippen molar-refractivity contribution in [2.24, 2.45) is 0 Å². The van der Waals surface area contributed by atoms with E-state index in [1.54, 1.807) is 12.1 Å². The van der Waals surface area contributed by atoms with Crippen LogP contribution in [0.3, 0.4) is 0 Å². The molecule has 1 aliphatic heterocycles. The SMILES string of the molecule is O=C([O-])c1ccc(N[C@H]2CC(=O)N(Cc3ccccc3)C2=O)cc1. The van der Waals surface area contributed by atoms with Gasteiger partial charge in [0, 0.05) is 5.69 Å². The van der Waals surface area contributed by atoms with E-state index in [1.807, 2.05) is 30.3 Å². The number of carbonyl (C=O) groups is 3. The number of amides is 2. The van der Waals surface area contributed by atoms with Crippen LogP contribution < -0.4 is 10.4 Å². The van der Waals surface area contributed by atoms with Crippen molar-refractivity contribution in [2.75, 3.05) is 5.32 Å². The predicted octanol–water partition coefficient (Wildman–Crippen LogP) is 0.790. The normalized spacial score (nSPS) is 17.2. The van der Waals surface area contributed by atoms with Gasteiger partial charge in [0.25, 0.3) is 5.91 Å². The lowest BCUT2D eigenvalue weighted by Gasteiger charge is -2.16. The molecule has 0 bridgehead atoms. The van der Waals surface area contributed by atoms with Crippen molar-refractivity contribution in [2.45, 2.75) is 19.0 Å². The van der Waals surface area contributed by atoms with Gasteiger partial charge in [0.05, 0.1) is 18.9 Å². The maximum absolute atomic E-state index is 12.4. The van der Waals surface area contributed by atoms with Gasteiger partial charge in [0.15, 0.2) is 0 Å². The molecule has 1 N–H and O–H groups in total. The van der Waals surface area contributed by atoms with Gasteiger partial charge >= 0.3 is 0 Å². The average molecular weight is 323 g/mol. The summed E-state index contributed by atoms with van der Waals surface area (Å²) in [5, 5.41) is 13.7. The summed E-state index contributed by atoms with van der Waals surface area (Å²) in [6.45, 7) is 0.250. The summed E-state index contributed by atoms with van der Waals surface area (Å²) in [4.78, 5) is 36.5. The van der Waals surface area contributed by atoms with Crippen LogP contribution in [0.5, 0.6) is 0 Å². The van der Waals surface area contributed by atoms with Crippen LogP contribution in [0.1, 0.15) is 22.3 Å². The molecule has 0 aromatic heterocycles. The third-order valence-electron chi connectivity index (χ3n) is 3.89. The molecule has 0 spiro atoms. The van der Waals surface area contributed by atoms with Gasteiger partial charge in [0.1, 0.15) is 6.04 Å². The Bertz CT molecular complexity index is 771. The maximum Gasteiger partial charge on any atom is 0.252 e. The lowest BCUT2D eigenvalue weighted by atomic mass is 10.2. The predicted molar refractivity (Wildman–Crippen MR) is 84.8 cm³/mol. The number of carboxylic acids is 1. The summed E-state index contributed by atoms with van der Waals surface area (Å²) in [6.07, 6.45) is 0.0773. The third-order valence-corrected chi connectivity index (χ3v) is 3.89. The minimum atomic E-state index is -1.26. The summed E-state index contributed by atoms with van der Waals surface area (Å²) in [5.74, 6) is -1.77. The largest absolute Gasteiger partial charge is 0.545 e. The lowest BCUT2D eigenvalue weighted by Crippen LogP contribution is -2.34. The van der Waals surface area contributed by atoms with E-state index in [1.165, 1.54) is 17.0 Å². The Hall–Kier alpha value is -3.15. The van der Waals surface area contributed by atoms with Crippen molar-refractivity contribution in [3.05, 3.63) is 65.7 Å². The molecule has 0 saturated carbocycles. The van der Waals surface area contributed by atoms with E-state index in [0.717, 1.165) is 5.56 Å². The number of nitrogens with one attached hydrogen (secondary N) is 1. The Morgan fingerprint density at radius 2 is 1.75 bits per heavy atom. The molecule has 24 heavy (non-hydrogen) atoms. The van der Waals surface area contributed by atoms with Gasteiger partial charge in [-0.2, -0.15) is 0 Å². The summed E-state index contributed by atoms with van der Waals surface area (Å²) >= 11 is 0. The minimum absolute atomic E-state index is 0.0556. The van der Waals surface area contributed by atoms with E-state index in [2.05, 4.69) is 5.32 Å². The van der Waals surface area contributed by atoms with E-state index in [-0.39, 0.29) is 30.3 Å². The quantitative estimate of drug-likeness (QED) is 0.822. The second kappa shape index (κ2) is 6.54. The van der Waals surface area contributed by atoms with Gasteiger partial charge in [-0.05, 0) is 23.3 Å². The second-order valence-corrected chi connectivity index (χ2v) is 5.57. The molecule has 1 atom stereocenters. The molecule has 122 valence electrons. The molecule has 3 rings (SSSR count). The molecule has 0 radical (unpaired) electrons. The topological polar surface area (TPSA) is 89.5 Å². The van der Waals surface area contributed by atoms with Crippen LogP contribution >= 0.6 is 0 Å². The fourth-order valence-electron chi connectivity index (χ4n) is 2.63. The first-order valence-corrected chi connectivity index (χ1v) is 7.50. The Morgan fingerprint density at radius 1 is 1.08 bits per heavy atom. The van der Waals surface area contributed by atoms with Crippen molar-refractivity contribution in [1.29, 1.82) is 0 Å². The van der Waals surface area contributed by atoms with E-state index >= 15 is 0 Å². The van der Waals surface area contributed by atoms with Crippen LogP contribution in [-0.2, 0) is 16.1 Å². The molecular formula is C18H15N2O4-. The number of hydrogen-bond donors (Lipinski definition) is 1. The number of imide groups is 1. The number of carbonyl (C=O) groups excluding carboxylic acids is 3. The smallest absolute Gasteiger partial charge is 0.252 e. The molecular weight excluding hydrogens is 308 g/mol. The van der Waals surface area contributed by atoms with Crippen LogP contribution in [0.2, 0.25) is 0 Å². The van der Waals surface area contributed by atoms with Gasteiger partial charge < -0.3 is 15.2 Å². The fraction of sp³-hybridized carbons (Fsp3) is 0.167. The first-order valence-electron chi connectivity index (χ1n) is 7.50. The first kappa shape index (κ1) is 15.7. The average Bonchev–Trinajstić information content (AvgIpc) is 2.84. The zero-order chi connectivity index (χ0) is 17.1. The van der Waals surface area contributed by atoms with Crippen LogP contribution in [0.4, 0.5) is 5.69 Å². The number of carboxylic acid groups (broad SMARTS) is 1. The second-order valence-electron chi connectivity index (χ2n) is 5.57. The highest BCUT2D eigenvalue weighted by molar-refractivity contribution is 6.06. The summed E-state index contributed by atoms with van der Waals surface area (Å²) in [6, 6.07) is 14.5. The van der Waals surface area contributed by atoms with Gasteiger partial charge in [-0.25, -0.2) is 0 Å². The van der Waals surface area contributed by atoms with Crippen molar-refractivity contribution in [1.82, 2.24) is 4.90 Å². The highest BCUT2D eigenvalue weighted by Gasteiger charge is 2.38. The Balaban J connectivity index is 1.68. The first-order chi connectivity index (χ1) is 11.5. The van der Waals surface area contributed by atoms with Crippen molar-refractivity contribution >= 4 is 23.5 Å². The zero-order valence-corrected chi connectivity index (χ0v) is 12.8. The molecule has 2 aromatic carbocycles. The van der Waals surface area contributed by atoms with Gasteiger partial charge in [-0.3, -0.25) is 14.5 Å². The molecule has 1 heterocycles. The monoisotopic (exact) mass is 323 g/mol. The van der Waals surface area contributed by atoms with Crippen LogP contribution in [0.25, 0.3) is 0 Å². The molecule has 6 heteroatoms. The molecule has 0 unspecified atom stereocenters. The maximum atomic E-state index is 12.4. The van der Waals surface area contributed by atoms with Gasteiger partial charge in [0.2, 0.25) is 5.91 Å². The van der Waals surface area contributed by atoms with Crippen molar-refractivity contribution < 1.29 is 19.5 Å². The number of aromatic carboxylic acids is 1. The van der Waals surface area contributed by atoms with E-state index in [0.29, 0.717) is 5.69 Å². The Labute approximate surface area is 138 Å². The zero-order valence-electron chi connectivity index (χ0n) is 12.8. The molecule has 6 nitrogen and oxygen atoms in total. The minimum Gasteiger partial charge on any atom is -0.545 e. The van der Waals surface area contributed by atoms with E-state index < -0.39 is 12.0 Å². The number of benzene rings is 2. The number of anilines is 1. The summed E-state index contributed by atoms with van der Waals surface area (Å²) in [7, 11) is 0. The molecule has 2 aromatic rings. The Morgan fingerprint density at radius 3 is 2.38 bits per heavy atom. The standard InChI is InChI=1S/C18H16N2O4/c21-16-10-15(19-14-8-6-13(7-9-14)18(23)24)17(22)20(16)11-12-4-2-1-3-5-12/h1-9,15,19H,10-11H2,(H,23,24)/p-1/t15-/m0/s1. The lowest BCUT2D eigenvalue weighted by molar-refractivity contribution is -0.255. The molecule has 1 fully saturated rings. The van der Waals surface area contributed by atoms with Crippen molar-refractivity contribution in [3.8, 4) is 0 Å². The number of hydrogen-bond acceptors (Lipinski definition) is 5. The molecule has 1 aliphatic rings. The highest BCUT2D eigenvalue weighted by atomic mass is 16.4. The van der Waals surface area contributed by atoms with E-state index in [4.69, 9.17) is 0 Å². The molecule has 2 amide bonds. The number of likely N-dealkylation sites (tertiary alicyclic amines) is 1. The highest BCUT2D eigenvalue weighted by Crippen LogP contribution is 2.20. The fourth-order valence-corrected chi connectivity index (χ4v) is 2.63. The van der Waals surface area contributed by atoms with Crippen LogP contribution in [0, 0.1) is 0 Å². The third kappa shape index (κ3) is 3.27. The number of rotatable bonds is 5. The molecule has 1 saturated heterocycles. The van der Waals surface area contributed by atoms with Gasteiger partial charge in [-0.1, -0.05) is 42.5 Å². The van der Waals surface area contributed by atoms with Crippen molar-refractivity contribution in [3.63, 3.8) is 0 Å². The van der Waals surface area contributed by atoms with Crippen LogP contribution in [-0.4, -0.2) is 28.7 Å². The molecule has 0 aliphatic carbocycles. The van der Waals surface area contributed by atoms with Gasteiger partial charge in [-0.15, -0.1) is 0 Å². The number of nitrogens with zero attached hydrogens (tertiary/aromatic N) is 1. The van der Waals surface area contributed by atoms with Crippen LogP contribution in [0.15, 0.2) is 54.6 Å². The Kier molecular flexibility index (Phi) is 4.29.